The van der Waals surface area contributed by atoms with Crippen LogP contribution in [0.1, 0.15) is 5.69 Å². The summed E-state index contributed by atoms with van der Waals surface area (Å²) in [6, 6.07) is 35.5. The summed E-state index contributed by atoms with van der Waals surface area (Å²) in [6.45, 7) is 2.00. The van der Waals surface area contributed by atoms with Crippen LogP contribution in [0.25, 0.3) is 61.2 Å². The largest absolute Gasteiger partial charge is 0.455 e. The van der Waals surface area contributed by atoms with Gasteiger partial charge in [-0.1, -0.05) is 66.7 Å². The minimum Gasteiger partial charge on any atom is -0.455 e. The van der Waals surface area contributed by atoms with Crippen LogP contribution in [0.2, 0.25) is 0 Å². The van der Waals surface area contributed by atoms with E-state index in [0.717, 1.165) is 61.3 Å². The Balaban J connectivity index is 1.52. The number of pyridine rings is 1. The SMILES string of the molecule is Cc1nccc2c1nc(-c1cccc3c1oc1cc(-c4ccccc4)ccc13)n2-c1ccccc1. The smallest absolute Gasteiger partial charge is 0.149 e. The molecule has 0 amide bonds. The van der Waals surface area contributed by atoms with Crippen molar-refractivity contribution in [3.63, 3.8) is 0 Å². The molecule has 0 unspecified atom stereocenters. The van der Waals surface area contributed by atoms with E-state index in [1.165, 1.54) is 5.56 Å². The summed E-state index contributed by atoms with van der Waals surface area (Å²) in [7, 11) is 0. The fourth-order valence-electron chi connectivity index (χ4n) is 4.94. The van der Waals surface area contributed by atoms with Crippen molar-refractivity contribution in [2.45, 2.75) is 6.92 Å². The first-order valence-electron chi connectivity index (χ1n) is 11.7. The van der Waals surface area contributed by atoms with Gasteiger partial charge in [0.1, 0.15) is 22.5 Å². The summed E-state index contributed by atoms with van der Waals surface area (Å²) < 4.78 is 8.74. The number of rotatable bonds is 3. The second-order valence-electron chi connectivity index (χ2n) is 8.73. The van der Waals surface area contributed by atoms with Gasteiger partial charge in [-0.2, -0.15) is 0 Å². The van der Waals surface area contributed by atoms with E-state index < -0.39 is 0 Å². The maximum Gasteiger partial charge on any atom is 0.149 e. The lowest BCUT2D eigenvalue weighted by Gasteiger charge is -2.09. The molecule has 0 saturated carbocycles. The molecule has 0 spiro atoms. The minimum absolute atomic E-state index is 0.839. The van der Waals surface area contributed by atoms with Crippen LogP contribution in [0, 0.1) is 6.92 Å². The van der Waals surface area contributed by atoms with E-state index in [0.29, 0.717) is 0 Å². The summed E-state index contributed by atoms with van der Waals surface area (Å²) in [4.78, 5) is 9.57. The zero-order valence-electron chi connectivity index (χ0n) is 19.1. The van der Waals surface area contributed by atoms with Gasteiger partial charge in [-0.25, -0.2) is 4.98 Å². The van der Waals surface area contributed by atoms with Crippen molar-refractivity contribution in [1.82, 2.24) is 14.5 Å². The van der Waals surface area contributed by atoms with Crippen LogP contribution in [-0.2, 0) is 0 Å². The molecular weight excluding hydrogens is 430 g/mol. The highest BCUT2D eigenvalue weighted by molar-refractivity contribution is 6.10. The summed E-state index contributed by atoms with van der Waals surface area (Å²) in [5.41, 5.74) is 8.85. The van der Waals surface area contributed by atoms with Crippen molar-refractivity contribution in [3.05, 3.63) is 115 Å². The third-order valence-corrected chi connectivity index (χ3v) is 6.62. The zero-order valence-corrected chi connectivity index (χ0v) is 19.1. The standard InChI is InChI=1S/C31H21N3O/c1-20-29-27(17-18-32-20)34(23-11-6-3-7-12-23)31(33-29)26-14-8-13-25-24-16-15-22(19-28(24)35-30(25)26)21-9-4-2-5-10-21/h2-19H,1H3. The molecule has 4 aromatic carbocycles. The van der Waals surface area contributed by atoms with E-state index in [2.05, 4.69) is 82.3 Å². The maximum atomic E-state index is 6.55. The first-order valence-corrected chi connectivity index (χ1v) is 11.7. The third kappa shape index (κ3) is 3.07. The highest BCUT2D eigenvalue weighted by Crippen LogP contribution is 2.39. The molecule has 7 rings (SSSR count). The fraction of sp³-hybridized carbons (Fsp3) is 0.0323. The minimum atomic E-state index is 0.839. The number of hydrogen-bond donors (Lipinski definition) is 0. The number of furan rings is 1. The van der Waals surface area contributed by atoms with Gasteiger partial charge in [-0.3, -0.25) is 9.55 Å². The lowest BCUT2D eigenvalue weighted by molar-refractivity contribution is 0.669. The van der Waals surface area contributed by atoms with Crippen molar-refractivity contribution in [3.8, 4) is 28.2 Å². The number of nitrogens with zero attached hydrogens (tertiary/aromatic N) is 3. The van der Waals surface area contributed by atoms with Gasteiger partial charge in [0.15, 0.2) is 0 Å². The molecule has 4 nitrogen and oxygen atoms in total. The quantitative estimate of drug-likeness (QED) is 0.274. The Morgan fingerprint density at radius 3 is 2.34 bits per heavy atom. The fourth-order valence-corrected chi connectivity index (χ4v) is 4.94. The van der Waals surface area contributed by atoms with Crippen LogP contribution >= 0.6 is 0 Å². The average molecular weight is 452 g/mol. The molecule has 0 radical (unpaired) electrons. The first kappa shape index (κ1) is 19.7. The number of hydrogen-bond acceptors (Lipinski definition) is 3. The van der Waals surface area contributed by atoms with Crippen LogP contribution in [0.4, 0.5) is 0 Å². The van der Waals surface area contributed by atoms with Gasteiger partial charge in [0.25, 0.3) is 0 Å². The average Bonchev–Trinajstić information content (AvgIpc) is 3.49. The van der Waals surface area contributed by atoms with Crippen LogP contribution < -0.4 is 0 Å². The Hall–Kier alpha value is -4.70. The lowest BCUT2D eigenvalue weighted by atomic mass is 10.0. The van der Waals surface area contributed by atoms with Gasteiger partial charge >= 0.3 is 0 Å². The van der Waals surface area contributed by atoms with E-state index in [1.54, 1.807) is 0 Å². The van der Waals surface area contributed by atoms with Gasteiger partial charge in [-0.05, 0) is 54.4 Å². The number of fused-ring (bicyclic) bond motifs is 4. The topological polar surface area (TPSA) is 43.9 Å². The van der Waals surface area contributed by atoms with Crippen molar-refractivity contribution in [1.29, 1.82) is 0 Å². The normalized spacial score (nSPS) is 11.6. The molecule has 0 atom stereocenters. The van der Waals surface area contributed by atoms with Crippen molar-refractivity contribution in [2.24, 2.45) is 0 Å². The molecule has 166 valence electrons. The molecule has 0 fully saturated rings. The van der Waals surface area contributed by atoms with E-state index in [1.807, 2.05) is 43.5 Å². The van der Waals surface area contributed by atoms with Gasteiger partial charge in [0.05, 0.1) is 16.8 Å². The van der Waals surface area contributed by atoms with E-state index in [-0.39, 0.29) is 0 Å². The summed E-state index contributed by atoms with van der Waals surface area (Å²) in [6.07, 6.45) is 1.84. The second-order valence-corrected chi connectivity index (χ2v) is 8.73. The molecule has 0 aliphatic rings. The first-order chi connectivity index (χ1) is 17.3. The maximum absolute atomic E-state index is 6.55. The number of aryl methyl sites for hydroxylation is 1. The molecule has 4 heteroatoms. The van der Waals surface area contributed by atoms with Crippen LogP contribution in [0.3, 0.4) is 0 Å². The van der Waals surface area contributed by atoms with E-state index in [9.17, 15) is 0 Å². The van der Waals surface area contributed by atoms with Crippen molar-refractivity contribution >= 4 is 33.0 Å². The molecule has 0 aliphatic heterocycles. The van der Waals surface area contributed by atoms with Gasteiger partial charge in [0, 0.05) is 22.7 Å². The highest BCUT2D eigenvalue weighted by atomic mass is 16.3. The third-order valence-electron chi connectivity index (χ3n) is 6.62. The number of aromatic nitrogens is 3. The molecule has 0 bridgehead atoms. The van der Waals surface area contributed by atoms with E-state index >= 15 is 0 Å². The molecule has 0 saturated heterocycles. The predicted octanol–water partition coefficient (Wildman–Crippen LogP) is 7.96. The van der Waals surface area contributed by atoms with Crippen LogP contribution in [0.5, 0.6) is 0 Å². The molecule has 3 heterocycles. The van der Waals surface area contributed by atoms with Gasteiger partial charge in [-0.15, -0.1) is 0 Å². The number of imidazole rings is 1. The second kappa shape index (κ2) is 7.67. The monoisotopic (exact) mass is 451 g/mol. The predicted molar refractivity (Wildman–Crippen MR) is 142 cm³/mol. The van der Waals surface area contributed by atoms with Gasteiger partial charge < -0.3 is 4.42 Å². The number of para-hydroxylation sites is 2. The van der Waals surface area contributed by atoms with E-state index in [4.69, 9.17) is 9.40 Å². The molecule has 0 N–H and O–H groups in total. The van der Waals surface area contributed by atoms with Crippen LogP contribution in [0.15, 0.2) is 114 Å². The summed E-state index contributed by atoms with van der Waals surface area (Å²) >= 11 is 0. The Morgan fingerprint density at radius 1 is 0.714 bits per heavy atom. The Morgan fingerprint density at radius 2 is 1.51 bits per heavy atom. The molecule has 3 aromatic heterocycles. The summed E-state index contributed by atoms with van der Waals surface area (Å²) in [5, 5.41) is 2.18. The van der Waals surface area contributed by atoms with Gasteiger partial charge in [0.2, 0.25) is 0 Å². The summed E-state index contributed by atoms with van der Waals surface area (Å²) in [5.74, 6) is 0.843. The number of benzene rings is 4. The Kier molecular flexibility index (Phi) is 4.33. The highest BCUT2D eigenvalue weighted by Gasteiger charge is 2.20. The molecule has 0 aliphatic carbocycles. The van der Waals surface area contributed by atoms with Crippen molar-refractivity contribution in [2.75, 3.05) is 0 Å². The Bertz CT molecular complexity index is 1850. The molecular formula is C31H21N3O. The molecule has 7 aromatic rings. The Labute approximate surface area is 202 Å². The zero-order chi connectivity index (χ0) is 23.4. The lowest BCUT2D eigenvalue weighted by Crippen LogP contribution is -1.97. The van der Waals surface area contributed by atoms with Crippen molar-refractivity contribution < 1.29 is 4.42 Å². The molecule has 35 heavy (non-hydrogen) atoms. The van der Waals surface area contributed by atoms with Crippen LogP contribution in [-0.4, -0.2) is 14.5 Å².